The zero-order chi connectivity index (χ0) is 13.3. The minimum absolute atomic E-state index is 0.0271. The maximum atomic E-state index is 12.3. The fourth-order valence-corrected chi connectivity index (χ4v) is 2.44. The van der Waals surface area contributed by atoms with Crippen LogP contribution in [0.4, 0.5) is 0 Å². The number of aromatic nitrogens is 1. The van der Waals surface area contributed by atoms with Crippen molar-refractivity contribution in [2.45, 2.75) is 6.92 Å². The lowest BCUT2D eigenvalue weighted by atomic mass is 9.99. The van der Waals surface area contributed by atoms with Gasteiger partial charge in [0, 0.05) is 26.3 Å². The van der Waals surface area contributed by atoms with Crippen LogP contribution >= 0.6 is 0 Å². The monoisotopic (exact) mass is 250 g/mol. The quantitative estimate of drug-likeness (QED) is 0.733. The van der Waals surface area contributed by atoms with E-state index in [0.717, 1.165) is 0 Å². The molecule has 0 spiro atoms. The van der Waals surface area contributed by atoms with Crippen molar-refractivity contribution in [2.24, 2.45) is 18.9 Å². The summed E-state index contributed by atoms with van der Waals surface area (Å²) in [6.07, 6.45) is 1.84. The number of methoxy groups -OCH3 is 1. The number of likely N-dealkylation sites (tertiary alicyclic amines) is 1. The van der Waals surface area contributed by atoms with Crippen LogP contribution in [0.2, 0.25) is 0 Å². The maximum absolute atomic E-state index is 12.3. The Bertz CT molecular complexity index is 467. The number of rotatable bonds is 2. The van der Waals surface area contributed by atoms with E-state index in [-0.39, 0.29) is 23.7 Å². The van der Waals surface area contributed by atoms with Crippen molar-refractivity contribution in [1.82, 2.24) is 9.47 Å². The lowest BCUT2D eigenvalue weighted by Gasteiger charge is -2.16. The minimum atomic E-state index is -0.232. The highest BCUT2D eigenvalue weighted by Gasteiger charge is 2.38. The Hall–Kier alpha value is -1.78. The van der Waals surface area contributed by atoms with Gasteiger partial charge >= 0.3 is 5.97 Å². The number of aryl methyl sites for hydroxylation is 1. The Kier molecular flexibility index (Phi) is 3.41. The van der Waals surface area contributed by atoms with Crippen LogP contribution in [0, 0.1) is 11.8 Å². The summed E-state index contributed by atoms with van der Waals surface area (Å²) >= 11 is 0. The lowest BCUT2D eigenvalue weighted by molar-refractivity contribution is -0.146. The number of amides is 1. The molecule has 98 valence electrons. The maximum Gasteiger partial charge on any atom is 0.310 e. The predicted octanol–water partition coefficient (Wildman–Crippen LogP) is 0.906. The molecular formula is C13H18N2O3. The van der Waals surface area contributed by atoms with Gasteiger partial charge in [0.15, 0.2) is 0 Å². The number of hydrogen-bond acceptors (Lipinski definition) is 3. The van der Waals surface area contributed by atoms with E-state index >= 15 is 0 Å². The van der Waals surface area contributed by atoms with E-state index in [9.17, 15) is 9.59 Å². The van der Waals surface area contributed by atoms with Crippen LogP contribution in [-0.4, -0.2) is 41.5 Å². The standard InChI is InChI=1S/C13H18N2O3/c1-9-7-15(8-10(9)13(17)18-3)12(16)11-5-4-6-14(11)2/h4-6,9-10H,7-8H2,1-3H3. The van der Waals surface area contributed by atoms with Crippen LogP contribution in [0.5, 0.6) is 0 Å². The summed E-state index contributed by atoms with van der Waals surface area (Å²) in [6, 6.07) is 3.63. The first-order chi connectivity index (χ1) is 8.54. The van der Waals surface area contributed by atoms with Gasteiger partial charge in [0.25, 0.3) is 5.91 Å². The molecule has 5 nitrogen and oxygen atoms in total. The number of hydrogen-bond donors (Lipinski definition) is 0. The van der Waals surface area contributed by atoms with Crippen molar-refractivity contribution in [3.05, 3.63) is 24.0 Å². The van der Waals surface area contributed by atoms with Gasteiger partial charge in [-0.25, -0.2) is 0 Å². The molecule has 1 aliphatic heterocycles. The lowest BCUT2D eigenvalue weighted by Crippen LogP contribution is -2.31. The molecule has 2 atom stereocenters. The molecule has 1 saturated heterocycles. The van der Waals surface area contributed by atoms with Crippen LogP contribution < -0.4 is 0 Å². The third kappa shape index (κ3) is 2.12. The second-order valence-corrected chi connectivity index (χ2v) is 4.82. The van der Waals surface area contributed by atoms with Crippen LogP contribution in [0.25, 0.3) is 0 Å². The normalized spacial score (nSPS) is 23.2. The average molecular weight is 250 g/mol. The molecule has 0 aromatic carbocycles. The van der Waals surface area contributed by atoms with E-state index in [4.69, 9.17) is 4.74 Å². The topological polar surface area (TPSA) is 51.5 Å². The zero-order valence-corrected chi connectivity index (χ0v) is 10.9. The smallest absolute Gasteiger partial charge is 0.310 e. The van der Waals surface area contributed by atoms with Crippen molar-refractivity contribution in [3.63, 3.8) is 0 Å². The summed E-state index contributed by atoms with van der Waals surface area (Å²) in [7, 11) is 3.22. The second-order valence-electron chi connectivity index (χ2n) is 4.82. The molecule has 1 aromatic heterocycles. The molecule has 0 aliphatic carbocycles. The first-order valence-corrected chi connectivity index (χ1v) is 6.03. The molecule has 1 aromatic rings. The van der Waals surface area contributed by atoms with Crippen molar-refractivity contribution in [2.75, 3.05) is 20.2 Å². The van der Waals surface area contributed by atoms with E-state index in [0.29, 0.717) is 18.8 Å². The van der Waals surface area contributed by atoms with Gasteiger partial charge in [0.1, 0.15) is 5.69 Å². The highest BCUT2D eigenvalue weighted by atomic mass is 16.5. The SMILES string of the molecule is COC(=O)C1CN(C(=O)c2cccn2C)CC1C. The molecule has 2 heterocycles. The molecule has 0 radical (unpaired) electrons. The van der Waals surface area contributed by atoms with Crippen molar-refractivity contribution in [1.29, 1.82) is 0 Å². The largest absolute Gasteiger partial charge is 0.469 e. The van der Waals surface area contributed by atoms with Crippen molar-refractivity contribution in [3.8, 4) is 0 Å². The number of esters is 1. The number of nitrogens with zero attached hydrogens (tertiary/aromatic N) is 2. The van der Waals surface area contributed by atoms with Gasteiger partial charge in [-0.2, -0.15) is 0 Å². The fraction of sp³-hybridized carbons (Fsp3) is 0.538. The number of carbonyl (C=O) groups excluding carboxylic acids is 2. The third-order valence-corrected chi connectivity index (χ3v) is 3.57. The Balaban J connectivity index is 2.11. The summed E-state index contributed by atoms with van der Waals surface area (Å²) in [5, 5.41) is 0. The molecular weight excluding hydrogens is 232 g/mol. The second kappa shape index (κ2) is 4.84. The van der Waals surface area contributed by atoms with Gasteiger partial charge in [-0.3, -0.25) is 9.59 Å². The fourth-order valence-electron chi connectivity index (χ4n) is 2.44. The van der Waals surface area contributed by atoms with Gasteiger partial charge < -0.3 is 14.2 Å². The molecule has 2 unspecified atom stereocenters. The minimum Gasteiger partial charge on any atom is -0.469 e. The summed E-state index contributed by atoms with van der Waals surface area (Å²) in [5.41, 5.74) is 0.646. The molecule has 2 rings (SSSR count). The van der Waals surface area contributed by atoms with Gasteiger partial charge in [0.05, 0.1) is 13.0 Å². The molecule has 1 fully saturated rings. The molecule has 0 saturated carbocycles. The zero-order valence-electron chi connectivity index (χ0n) is 10.9. The van der Waals surface area contributed by atoms with Gasteiger partial charge in [-0.1, -0.05) is 6.92 Å². The van der Waals surface area contributed by atoms with E-state index in [1.165, 1.54) is 7.11 Å². The Morgan fingerprint density at radius 1 is 1.39 bits per heavy atom. The van der Waals surface area contributed by atoms with Crippen molar-refractivity contribution >= 4 is 11.9 Å². The van der Waals surface area contributed by atoms with Crippen LogP contribution in [0.1, 0.15) is 17.4 Å². The molecule has 5 heteroatoms. The Morgan fingerprint density at radius 2 is 2.11 bits per heavy atom. The molecule has 0 bridgehead atoms. The van der Waals surface area contributed by atoms with Crippen LogP contribution in [-0.2, 0) is 16.6 Å². The van der Waals surface area contributed by atoms with Gasteiger partial charge in [0.2, 0.25) is 0 Å². The number of carbonyl (C=O) groups is 2. The highest BCUT2D eigenvalue weighted by Crippen LogP contribution is 2.25. The third-order valence-electron chi connectivity index (χ3n) is 3.57. The van der Waals surface area contributed by atoms with E-state index in [1.807, 2.05) is 26.2 Å². The van der Waals surface area contributed by atoms with E-state index < -0.39 is 0 Å². The summed E-state index contributed by atoms with van der Waals surface area (Å²) in [4.78, 5) is 25.6. The molecule has 0 N–H and O–H groups in total. The summed E-state index contributed by atoms with van der Waals surface area (Å²) in [6.45, 7) is 3.02. The highest BCUT2D eigenvalue weighted by molar-refractivity contribution is 5.93. The average Bonchev–Trinajstić information content (AvgIpc) is 2.93. The predicted molar refractivity (Wildman–Crippen MR) is 66.0 cm³/mol. The Morgan fingerprint density at radius 3 is 2.67 bits per heavy atom. The van der Waals surface area contributed by atoms with E-state index in [2.05, 4.69) is 0 Å². The summed E-state index contributed by atoms with van der Waals surface area (Å²) in [5.74, 6) is -0.327. The van der Waals surface area contributed by atoms with Crippen molar-refractivity contribution < 1.29 is 14.3 Å². The van der Waals surface area contributed by atoms with E-state index in [1.54, 1.807) is 15.5 Å². The first kappa shape index (κ1) is 12.7. The van der Waals surface area contributed by atoms with Crippen LogP contribution in [0.15, 0.2) is 18.3 Å². The van der Waals surface area contributed by atoms with Crippen LogP contribution in [0.3, 0.4) is 0 Å². The number of ether oxygens (including phenoxy) is 1. The summed E-state index contributed by atoms with van der Waals surface area (Å²) < 4.78 is 6.56. The molecule has 18 heavy (non-hydrogen) atoms. The molecule has 1 amide bonds. The van der Waals surface area contributed by atoms with Gasteiger partial charge in [-0.05, 0) is 18.1 Å². The Labute approximate surface area is 106 Å². The first-order valence-electron chi connectivity index (χ1n) is 6.03. The van der Waals surface area contributed by atoms with Gasteiger partial charge in [-0.15, -0.1) is 0 Å². The molecule has 1 aliphatic rings.